The number of carbonyl (C=O) groups excluding carboxylic acids is 2. The predicted molar refractivity (Wildman–Crippen MR) is 183 cm³/mol. The molecule has 0 bridgehead atoms. The molecular formula is C34H30N4O8S2. The fourth-order valence-electron chi connectivity index (χ4n) is 4.27. The average molecular weight is 687 g/mol. The van der Waals surface area contributed by atoms with E-state index < -0.39 is 32.3 Å². The Labute approximate surface area is 278 Å². The molecule has 0 heterocycles. The number of hydrogen-bond acceptors (Lipinski definition) is 8. The minimum Gasteiger partial charge on any atom is -0.379 e. The molecule has 4 amide bonds. The van der Waals surface area contributed by atoms with Gasteiger partial charge < -0.3 is 29.6 Å². The van der Waals surface area contributed by atoms with E-state index in [0.29, 0.717) is 11.4 Å². The maximum absolute atomic E-state index is 12.7. The highest BCUT2D eigenvalue weighted by molar-refractivity contribution is 7.87. The fraction of sp³-hybridized carbons (Fsp3) is 0.0588. The summed E-state index contributed by atoms with van der Waals surface area (Å²) in [7, 11) is -8.16. The van der Waals surface area contributed by atoms with Gasteiger partial charge >= 0.3 is 32.3 Å². The van der Waals surface area contributed by atoms with E-state index in [1.807, 2.05) is 13.8 Å². The fourth-order valence-corrected chi connectivity index (χ4v) is 6.12. The van der Waals surface area contributed by atoms with E-state index in [9.17, 15) is 26.4 Å². The van der Waals surface area contributed by atoms with Gasteiger partial charge in [-0.1, -0.05) is 53.6 Å². The second kappa shape index (κ2) is 14.3. The molecule has 0 saturated carbocycles. The number of benzene rings is 5. The van der Waals surface area contributed by atoms with Crippen LogP contribution >= 0.6 is 0 Å². The van der Waals surface area contributed by atoms with E-state index in [1.165, 1.54) is 66.7 Å². The largest absolute Gasteiger partial charge is 0.379 e. The minimum absolute atomic E-state index is 0.00162. The highest BCUT2D eigenvalue weighted by Crippen LogP contribution is 2.25. The van der Waals surface area contributed by atoms with Crippen molar-refractivity contribution in [1.82, 2.24) is 0 Å². The topological polar surface area (TPSA) is 169 Å². The Kier molecular flexibility index (Phi) is 9.96. The van der Waals surface area contributed by atoms with Crippen molar-refractivity contribution in [2.45, 2.75) is 23.6 Å². The molecule has 4 N–H and O–H groups in total. The maximum atomic E-state index is 12.7. The highest BCUT2D eigenvalue weighted by Gasteiger charge is 2.18. The van der Waals surface area contributed by atoms with Crippen molar-refractivity contribution in [3.05, 3.63) is 132 Å². The molecule has 0 spiro atoms. The minimum atomic E-state index is -4.08. The molecule has 0 fully saturated rings. The van der Waals surface area contributed by atoms with Crippen LogP contribution in [0.5, 0.6) is 11.5 Å². The molecule has 0 aliphatic carbocycles. The van der Waals surface area contributed by atoms with Gasteiger partial charge in [0.2, 0.25) is 0 Å². The van der Waals surface area contributed by atoms with Crippen LogP contribution in [0.2, 0.25) is 0 Å². The molecular weight excluding hydrogens is 657 g/mol. The Morgan fingerprint density at radius 1 is 0.458 bits per heavy atom. The Hall–Kier alpha value is -5.86. The van der Waals surface area contributed by atoms with Gasteiger partial charge in [-0.2, -0.15) is 16.8 Å². The van der Waals surface area contributed by atoms with Crippen molar-refractivity contribution in [1.29, 1.82) is 0 Å². The Bertz CT molecular complexity index is 2020. The first kappa shape index (κ1) is 33.5. The SMILES string of the molecule is Cc1ccc(S(=O)(=O)Oc2cccc(NC(=O)Nc3cccc(NC(=O)Nc4cccc(OS(=O)(=O)c5ccc(C)cc5)c4)c3)c2)cc1. The van der Waals surface area contributed by atoms with Crippen LogP contribution in [-0.2, 0) is 20.2 Å². The lowest BCUT2D eigenvalue weighted by atomic mass is 10.2. The van der Waals surface area contributed by atoms with Gasteiger partial charge in [0.25, 0.3) is 0 Å². The molecule has 0 unspecified atom stereocenters. The number of urea groups is 2. The zero-order valence-corrected chi connectivity index (χ0v) is 27.3. The second-order valence-electron chi connectivity index (χ2n) is 10.5. The summed E-state index contributed by atoms with van der Waals surface area (Å²) >= 11 is 0. The quantitative estimate of drug-likeness (QED) is 0.113. The number of nitrogens with one attached hydrogen (secondary N) is 4. The molecule has 5 aromatic carbocycles. The summed E-state index contributed by atoms with van der Waals surface area (Å²) in [6.45, 7) is 3.68. The first-order valence-electron chi connectivity index (χ1n) is 14.3. The van der Waals surface area contributed by atoms with Crippen molar-refractivity contribution in [3.63, 3.8) is 0 Å². The lowest BCUT2D eigenvalue weighted by Gasteiger charge is -2.12. The Morgan fingerprint density at radius 3 is 1.12 bits per heavy atom. The van der Waals surface area contributed by atoms with Gasteiger partial charge in [-0.15, -0.1) is 0 Å². The summed E-state index contributed by atoms with van der Waals surface area (Å²) in [5.41, 5.74) is 3.04. The van der Waals surface area contributed by atoms with E-state index in [-0.39, 0.29) is 32.7 Å². The van der Waals surface area contributed by atoms with Gasteiger partial charge in [0.15, 0.2) is 0 Å². The third-order valence-electron chi connectivity index (χ3n) is 6.59. The molecule has 0 aliphatic heterocycles. The van der Waals surface area contributed by atoms with Gasteiger partial charge in [-0.25, -0.2) is 9.59 Å². The van der Waals surface area contributed by atoms with E-state index in [0.717, 1.165) is 11.1 Å². The number of amides is 4. The number of rotatable bonds is 10. The molecule has 246 valence electrons. The lowest BCUT2D eigenvalue weighted by Crippen LogP contribution is -2.21. The van der Waals surface area contributed by atoms with Crippen LogP contribution in [0.3, 0.4) is 0 Å². The third kappa shape index (κ3) is 9.11. The molecule has 0 saturated heterocycles. The first-order chi connectivity index (χ1) is 22.8. The van der Waals surface area contributed by atoms with Crippen LogP contribution in [-0.4, -0.2) is 28.9 Å². The predicted octanol–water partition coefficient (Wildman–Crippen LogP) is 7.13. The van der Waals surface area contributed by atoms with Crippen molar-refractivity contribution in [2.24, 2.45) is 0 Å². The van der Waals surface area contributed by atoms with E-state index in [2.05, 4.69) is 21.3 Å². The normalized spacial score (nSPS) is 11.2. The van der Waals surface area contributed by atoms with Crippen molar-refractivity contribution < 1.29 is 34.8 Å². The second-order valence-corrected chi connectivity index (χ2v) is 13.6. The van der Waals surface area contributed by atoms with Crippen molar-refractivity contribution in [2.75, 3.05) is 21.3 Å². The number of hydrogen-bond donors (Lipinski definition) is 4. The summed E-state index contributed by atoms with van der Waals surface area (Å²) in [5, 5.41) is 10.5. The molecule has 5 aromatic rings. The highest BCUT2D eigenvalue weighted by atomic mass is 32.2. The third-order valence-corrected chi connectivity index (χ3v) is 9.12. The van der Waals surface area contributed by atoms with Crippen LogP contribution in [0.25, 0.3) is 0 Å². The monoisotopic (exact) mass is 686 g/mol. The van der Waals surface area contributed by atoms with E-state index in [1.54, 1.807) is 54.6 Å². The number of anilines is 4. The molecule has 12 nitrogen and oxygen atoms in total. The number of carbonyl (C=O) groups is 2. The molecule has 48 heavy (non-hydrogen) atoms. The van der Waals surface area contributed by atoms with Crippen LogP contribution in [0.1, 0.15) is 11.1 Å². The zero-order valence-electron chi connectivity index (χ0n) is 25.6. The Balaban J connectivity index is 1.16. The molecule has 0 aromatic heterocycles. The molecule has 0 aliphatic rings. The zero-order chi connectivity index (χ0) is 34.3. The molecule has 14 heteroatoms. The van der Waals surface area contributed by atoms with Gasteiger partial charge in [-0.05, 0) is 80.6 Å². The summed E-state index contributed by atoms with van der Waals surface area (Å²) < 4.78 is 61.0. The molecule has 5 rings (SSSR count). The summed E-state index contributed by atoms with van der Waals surface area (Å²) in [5.74, 6) is 0.0196. The van der Waals surface area contributed by atoms with Crippen LogP contribution in [0, 0.1) is 13.8 Å². The first-order valence-corrected chi connectivity index (χ1v) is 17.1. The van der Waals surface area contributed by atoms with Crippen LogP contribution < -0.4 is 29.6 Å². The maximum Gasteiger partial charge on any atom is 0.339 e. The summed E-state index contributed by atoms with van der Waals surface area (Å²) in [4.78, 5) is 25.4. The van der Waals surface area contributed by atoms with Gasteiger partial charge in [0.05, 0.1) is 0 Å². The van der Waals surface area contributed by atoms with E-state index in [4.69, 9.17) is 8.37 Å². The number of aryl methyl sites for hydroxylation is 2. The Morgan fingerprint density at radius 2 is 0.771 bits per heavy atom. The van der Waals surface area contributed by atoms with Gasteiger partial charge in [0.1, 0.15) is 21.3 Å². The smallest absolute Gasteiger partial charge is 0.339 e. The van der Waals surface area contributed by atoms with Crippen LogP contribution in [0.15, 0.2) is 131 Å². The van der Waals surface area contributed by atoms with Crippen molar-refractivity contribution >= 4 is 55.0 Å². The van der Waals surface area contributed by atoms with Crippen LogP contribution in [0.4, 0.5) is 32.3 Å². The molecule has 0 radical (unpaired) electrons. The van der Waals surface area contributed by atoms with Gasteiger partial charge in [-0.3, -0.25) is 0 Å². The lowest BCUT2D eigenvalue weighted by molar-refractivity contribution is 0.261. The standard InChI is InChI=1S/C34H30N4O8S2/c1-23-12-16-31(17-13-23)47(41,42)45-29-10-4-8-27(21-29)37-33(39)35-25-6-3-7-26(20-25)36-34(40)38-28-9-5-11-30(22-28)46-48(43,44)32-18-14-24(2)15-19-32/h3-22H,1-2H3,(H2,35,37,39)(H2,36,38,40). The van der Waals surface area contributed by atoms with Gasteiger partial charge in [0, 0.05) is 34.9 Å². The summed E-state index contributed by atoms with van der Waals surface area (Å²) in [6, 6.07) is 29.3. The van der Waals surface area contributed by atoms with E-state index >= 15 is 0 Å². The summed E-state index contributed by atoms with van der Waals surface area (Å²) in [6.07, 6.45) is 0. The molecule has 0 atom stereocenters. The van der Waals surface area contributed by atoms with Crippen molar-refractivity contribution in [3.8, 4) is 11.5 Å². The average Bonchev–Trinajstić information content (AvgIpc) is 3.01.